The molecule has 0 aliphatic rings. The molecule has 0 atom stereocenters. The van der Waals surface area contributed by atoms with E-state index in [9.17, 15) is 0 Å². The molecule has 0 saturated heterocycles. The van der Waals surface area contributed by atoms with Crippen molar-refractivity contribution in [3.05, 3.63) is 16.5 Å². The van der Waals surface area contributed by atoms with Gasteiger partial charge in [-0.05, 0) is 13.3 Å². The summed E-state index contributed by atoms with van der Waals surface area (Å²) in [6, 6.07) is 3.58. The van der Waals surface area contributed by atoms with E-state index in [0.717, 1.165) is 6.42 Å². The van der Waals surface area contributed by atoms with E-state index >= 15 is 0 Å². The summed E-state index contributed by atoms with van der Waals surface area (Å²) in [5, 5.41) is 20.6. The molecule has 0 spiro atoms. The van der Waals surface area contributed by atoms with E-state index in [0.29, 0.717) is 25.6 Å². The molecule has 0 radical (unpaired) electrons. The Morgan fingerprint density at radius 2 is 1.94 bits per heavy atom. The van der Waals surface area contributed by atoms with Gasteiger partial charge >= 0.3 is 0 Å². The number of hydrogen-bond acceptors (Lipinski definition) is 6. The van der Waals surface area contributed by atoms with Crippen LogP contribution in [0.15, 0.2) is 0 Å². The van der Waals surface area contributed by atoms with Crippen LogP contribution in [-0.2, 0) is 4.74 Å². The van der Waals surface area contributed by atoms with E-state index in [-0.39, 0.29) is 16.5 Å². The van der Waals surface area contributed by atoms with Gasteiger partial charge in [-0.15, -0.1) is 0 Å². The highest BCUT2D eigenvalue weighted by Crippen LogP contribution is 2.18. The van der Waals surface area contributed by atoms with Crippen molar-refractivity contribution >= 4 is 17.4 Å². The van der Waals surface area contributed by atoms with E-state index < -0.39 is 0 Å². The molecular formula is C11H12ClN5O. The second kappa shape index (κ2) is 7.44. The first-order chi connectivity index (χ1) is 8.72. The Morgan fingerprint density at radius 3 is 2.56 bits per heavy atom. The monoisotopic (exact) mass is 265 g/mol. The van der Waals surface area contributed by atoms with Crippen LogP contribution in [0.4, 0.5) is 5.82 Å². The molecule has 0 aliphatic heterocycles. The molecule has 0 saturated carbocycles. The molecule has 94 valence electrons. The lowest BCUT2D eigenvalue weighted by Gasteiger charge is -2.07. The van der Waals surface area contributed by atoms with Gasteiger partial charge in [-0.25, -0.2) is 9.97 Å². The Morgan fingerprint density at radius 1 is 1.28 bits per heavy atom. The summed E-state index contributed by atoms with van der Waals surface area (Å²) in [5.41, 5.74) is -0.100. The number of nitrogens with one attached hydrogen (secondary N) is 1. The Hall–Kier alpha value is -1.89. The number of halogens is 1. The van der Waals surface area contributed by atoms with Crippen LogP contribution in [-0.4, -0.2) is 29.7 Å². The van der Waals surface area contributed by atoms with Crippen molar-refractivity contribution < 1.29 is 4.74 Å². The molecular weight excluding hydrogens is 254 g/mol. The van der Waals surface area contributed by atoms with Gasteiger partial charge in [0, 0.05) is 19.8 Å². The zero-order chi connectivity index (χ0) is 13.4. The maximum atomic E-state index is 8.81. The third-order valence-electron chi connectivity index (χ3n) is 2.03. The first-order valence-corrected chi connectivity index (χ1v) is 5.80. The number of anilines is 1. The van der Waals surface area contributed by atoms with Gasteiger partial charge in [-0.1, -0.05) is 11.6 Å². The van der Waals surface area contributed by atoms with Crippen molar-refractivity contribution in [1.82, 2.24) is 9.97 Å². The van der Waals surface area contributed by atoms with Crippen LogP contribution in [0.1, 0.15) is 24.7 Å². The summed E-state index contributed by atoms with van der Waals surface area (Å²) >= 11 is 5.85. The number of nitriles is 2. The van der Waals surface area contributed by atoms with Crippen LogP contribution >= 0.6 is 11.6 Å². The topological polar surface area (TPSA) is 94.6 Å². The molecule has 18 heavy (non-hydrogen) atoms. The maximum Gasteiger partial charge on any atom is 0.179 e. The fourth-order valence-electron chi connectivity index (χ4n) is 1.21. The average Bonchev–Trinajstić information content (AvgIpc) is 2.39. The summed E-state index contributed by atoms with van der Waals surface area (Å²) in [4.78, 5) is 7.75. The fraction of sp³-hybridized carbons (Fsp3) is 0.455. The SMILES string of the molecule is CCOCCCNc1nc(C#N)c(C#N)nc1Cl. The second-order valence-corrected chi connectivity index (χ2v) is 3.62. The van der Waals surface area contributed by atoms with E-state index in [1.807, 2.05) is 6.92 Å². The smallest absolute Gasteiger partial charge is 0.179 e. The molecule has 6 nitrogen and oxygen atoms in total. The molecule has 0 bridgehead atoms. The minimum absolute atomic E-state index is 0.0331. The van der Waals surface area contributed by atoms with Crippen LogP contribution < -0.4 is 5.32 Å². The van der Waals surface area contributed by atoms with Crippen LogP contribution in [0.25, 0.3) is 0 Å². The van der Waals surface area contributed by atoms with E-state index in [4.69, 9.17) is 26.9 Å². The van der Waals surface area contributed by atoms with Crippen LogP contribution in [0, 0.1) is 22.7 Å². The van der Waals surface area contributed by atoms with Crippen molar-refractivity contribution in [1.29, 1.82) is 10.5 Å². The number of ether oxygens (including phenoxy) is 1. The summed E-state index contributed by atoms with van der Waals surface area (Å²) in [5.74, 6) is 0.309. The summed E-state index contributed by atoms with van der Waals surface area (Å²) in [7, 11) is 0. The van der Waals surface area contributed by atoms with Gasteiger partial charge in [0.15, 0.2) is 22.4 Å². The highest BCUT2D eigenvalue weighted by molar-refractivity contribution is 6.31. The quantitative estimate of drug-likeness (QED) is 0.787. The molecule has 7 heteroatoms. The highest BCUT2D eigenvalue weighted by Gasteiger charge is 2.11. The number of nitrogens with zero attached hydrogens (tertiary/aromatic N) is 4. The third-order valence-corrected chi connectivity index (χ3v) is 2.29. The lowest BCUT2D eigenvalue weighted by Crippen LogP contribution is -2.09. The number of aromatic nitrogens is 2. The van der Waals surface area contributed by atoms with Crippen LogP contribution in [0.2, 0.25) is 5.15 Å². The molecule has 0 fully saturated rings. The molecule has 1 rings (SSSR count). The minimum Gasteiger partial charge on any atom is -0.382 e. The van der Waals surface area contributed by atoms with Crippen molar-refractivity contribution in [2.24, 2.45) is 0 Å². The largest absolute Gasteiger partial charge is 0.382 e. The van der Waals surface area contributed by atoms with Crippen LogP contribution in [0.5, 0.6) is 0 Å². The highest BCUT2D eigenvalue weighted by atomic mass is 35.5. The van der Waals surface area contributed by atoms with E-state index in [2.05, 4.69) is 15.3 Å². The second-order valence-electron chi connectivity index (χ2n) is 3.26. The van der Waals surface area contributed by atoms with Crippen molar-refractivity contribution in [3.63, 3.8) is 0 Å². The molecule has 0 unspecified atom stereocenters. The number of rotatable bonds is 6. The zero-order valence-corrected chi connectivity index (χ0v) is 10.7. The standard InChI is InChI=1S/C11H12ClN5O/c1-2-18-5-3-4-15-11-10(12)16-8(6-13)9(7-14)17-11/h2-5H2,1H3,(H,15,17). The van der Waals surface area contributed by atoms with Gasteiger partial charge in [0.05, 0.1) is 0 Å². The predicted molar refractivity (Wildman–Crippen MR) is 66.1 cm³/mol. The lowest BCUT2D eigenvalue weighted by atomic mass is 10.3. The third kappa shape index (κ3) is 3.85. The Labute approximate surface area is 110 Å². The van der Waals surface area contributed by atoms with Gasteiger partial charge in [-0.3, -0.25) is 0 Å². The molecule has 0 amide bonds. The van der Waals surface area contributed by atoms with Gasteiger partial charge in [0.25, 0.3) is 0 Å². The minimum atomic E-state index is -0.0673. The summed E-state index contributed by atoms with van der Waals surface area (Å²) < 4.78 is 5.18. The molecule has 0 aliphatic carbocycles. The van der Waals surface area contributed by atoms with Gasteiger partial charge in [0.2, 0.25) is 0 Å². The average molecular weight is 266 g/mol. The van der Waals surface area contributed by atoms with Gasteiger partial charge < -0.3 is 10.1 Å². The van der Waals surface area contributed by atoms with E-state index in [1.165, 1.54) is 0 Å². The maximum absolute atomic E-state index is 8.81. The predicted octanol–water partition coefficient (Wildman–Crippen LogP) is 1.71. The molecule has 1 aromatic rings. The Balaban J connectivity index is 2.67. The van der Waals surface area contributed by atoms with Crippen molar-refractivity contribution in [2.75, 3.05) is 25.1 Å². The molecule has 1 heterocycles. The van der Waals surface area contributed by atoms with Crippen molar-refractivity contribution in [3.8, 4) is 12.1 Å². The fourth-order valence-corrected chi connectivity index (χ4v) is 1.40. The van der Waals surface area contributed by atoms with Crippen molar-refractivity contribution in [2.45, 2.75) is 13.3 Å². The van der Waals surface area contributed by atoms with Crippen LogP contribution in [0.3, 0.4) is 0 Å². The van der Waals surface area contributed by atoms with Gasteiger partial charge in [-0.2, -0.15) is 10.5 Å². The Bertz CT molecular complexity index is 491. The van der Waals surface area contributed by atoms with Gasteiger partial charge in [0.1, 0.15) is 12.1 Å². The number of hydrogen-bond donors (Lipinski definition) is 1. The first kappa shape index (κ1) is 14.2. The summed E-state index contributed by atoms with van der Waals surface area (Å²) in [6.45, 7) is 3.84. The van der Waals surface area contributed by atoms with E-state index in [1.54, 1.807) is 12.1 Å². The Kier molecular flexibility index (Phi) is 5.86. The molecule has 1 N–H and O–H groups in total. The molecule has 1 aromatic heterocycles. The first-order valence-electron chi connectivity index (χ1n) is 5.42. The summed E-state index contributed by atoms with van der Waals surface area (Å²) in [6.07, 6.45) is 0.785. The molecule has 0 aromatic carbocycles. The lowest BCUT2D eigenvalue weighted by molar-refractivity contribution is 0.147. The zero-order valence-electron chi connectivity index (χ0n) is 9.90. The normalized spacial score (nSPS) is 9.56.